The second-order valence-electron chi connectivity index (χ2n) is 4.38. The zero-order chi connectivity index (χ0) is 14.8. The zero-order valence-electron chi connectivity index (χ0n) is 10.8. The predicted molar refractivity (Wildman–Crippen MR) is 85.4 cm³/mol. The average molecular weight is 368 g/mol. The molecule has 0 radical (unpaired) electrons. The molecular formula is C14H11BrFN3OS. The Hall–Kier alpha value is -1.60. The quantitative estimate of drug-likeness (QED) is 0.824. The fourth-order valence-electron chi connectivity index (χ4n) is 2.04. The van der Waals surface area contributed by atoms with Crippen LogP contribution in [0.2, 0.25) is 0 Å². The van der Waals surface area contributed by atoms with Crippen molar-refractivity contribution in [2.45, 2.75) is 5.03 Å². The summed E-state index contributed by atoms with van der Waals surface area (Å²) in [5.41, 5.74) is 0.913. The van der Waals surface area contributed by atoms with Crippen molar-refractivity contribution in [3.05, 3.63) is 46.8 Å². The number of aromatic nitrogens is 1. The van der Waals surface area contributed by atoms with Crippen molar-refractivity contribution in [2.24, 2.45) is 0 Å². The lowest BCUT2D eigenvalue weighted by Gasteiger charge is -2.28. The molecule has 0 saturated carbocycles. The molecule has 21 heavy (non-hydrogen) atoms. The molecule has 0 saturated heterocycles. The maximum atomic E-state index is 13.8. The first-order chi connectivity index (χ1) is 10.1. The monoisotopic (exact) mass is 367 g/mol. The molecular weight excluding hydrogens is 357 g/mol. The van der Waals surface area contributed by atoms with Crippen LogP contribution < -0.4 is 10.2 Å². The number of hydrogen-bond acceptors (Lipinski definition) is 3. The molecule has 1 aromatic carbocycles. The third-order valence-corrected chi connectivity index (χ3v) is 4.48. The minimum atomic E-state index is -0.476. The normalized spacial score (nSPS) is 13.7. The van der Waals surface area contributed by atoms with Crippen LogP contribution >= 0.6 is 27.7 Å². The highest BCUT2D eigenvalue weighted by Gasteiger charge is 2.24. The molecule has 0 aliphatic carbocycles. The molecule has 0 spiro atoms. The van der Waals surface area contributed by atoms with Crippen molar-refractivity contribution in [2.75, 3.05) is 22.5 Å². The number of carbonyl (C=O) groups is 1. The van der Waals surface area contributed by atoms with Crippen molar-refractivity contribution in [3.63, 3.8) is 0 Å². The van der Waals surface area contributed by atoms with Gasteiger partial charge < -0.3 is 5.32 Å². The Morgan fingerprint density at radius 2 is 2.29 bits per heavy atom. The van der Waals surface area contributed by atoms with Gasteiger partial charge in [-0.25, -0.2) is 14.2 Å². The van der Waals surface area contributed by atoms with E-state index in [4.69, 9.17) is 0 Å². The fraction of sp³-hybridized carbons (Fsp3) is 0.143. The number of fused-ring (bicyclic) bond motifs is 1. The number of halogens is 2. The molecule has 0 fully saturated rings. The second kappa shape index (κ2) is 6.03. The second-order valence-corrected chi connectivity index (χ2v) is 6.38. The largest absolute Gasteiger partial charge is 0.326 e. The molecule has 2 amide bonds. The highest BCUT2D eigenvalue weighted by Crippen LogP contribution is 2.32. The molecule has 0 bridgehead atoms. The summed E-state index contributed by atoms with van der Waals surface area (Å²) in [5, 5.41) is 3.42. The van der Waals surface area contributed by atoms with Crippen molar-refractivity contribution >= 4 is 45.1 Å². The Morgan fingerprint density at radius 3 is 3.10 bits per heavy atom. The molecule has 0 atom stereocenters. The van der Waals surface area contributed by atoms with Crippen molar-refractivity contribution in [1.82, 2.24) is 4.98 Å². The SMILES string of the molecule is O=C(Nc1ccc(Br)cc1F)N1CCSc2ncccc21. The van der Waals surface area contributed by atoms with Crippen molar-refractivity contribution in [3.8, 4) is 0 Å². The standard InChI is InChI=1S/C14H11BrFN3OS/c15-9-3-4-11(10(16)8-9)18-14(20)19-6-7-21-13-12(19)2-1-5-17-13/h1-5,8H,6-7H2,(H,18,20). The van der Waals surface area contributed by atoms with Crippen LogP contribution in [0.15, 0.2) is 46.0 Å². The summed E-state index contributed by atoms with van der Waals surface area (Å²) in [7, 11) is 0. The lowest BCUT2D eigenvalue weighted by atomic mass is 10.3. The number of benzene rings is 1. The van der Waals surface area contributed by atoms with E-state index in [2.05, 4.69) is 26.2 Å². The number of thioether (sulfide) groups is 1. The van der Waals surface area contributed by atoms with Crippen LogP contribution in [-0.2, 0) is 0 Å². The number of rotatable bonds is 1. The Balaban J connectivity index is 1.83. The minimum absolute atomic E-state index is 0.159. The minimum Gasteiger partial charge on any atom is -0.305 e. The molecule has 4 nitrogen and oxygen atoms in total. The molecule has 1 aliphatic heterocycles. The molecule has 7 heteroatoms. The van der Waals surface area contributed by atoms with Crippen molar-refractivity contribution < 1.29 is 9.18 Å². The van der Waals surface area contributed by atoms with Gasteiger partial charge in [0.25, 0.3) is 0 Å². The van der Waals surface area contributed by atoms with Gasteiger partial charge in [-0.2, -0.15) is 0 Å². The van der Waals surface area contributed by atoms with Gasteiger partial charge in [-0.15, -0.1) is 11.8 Å². The third-order valence-electron chi connectivity index (χ3n) is 3.01. The first kappa shape index (κ1) is 14.3. The van der Waals surface area contributed by atoms with E-state index in [9.17, 15) is 9.18 Å². The van der Waals surface area contributed by atoms with E-state index in [-0.39, 0.29) is 11.7 Å². The maximum absolute atomic E-state index is 13.8. The molecule has 1 N–H and O–H groups in total. The van der Waals surface area contributed by atoms with E-state index >= 15 is 0 Å². The summed E-state index contributed by atoms with van der Waals surface area (Å²) in [6, 6.07) is 7.79. The topological polar surface area (TPSA) is 45.2 Å². The molecule has 108 valence electrons. The molecule has 3 rings (SSSR count). The summed E-state index contributed by atoms with van der Waals surface area (Å²) < 4.78 is 14.4. The smallest absolute Gasteiger partial charge is 0.305 e. The van der Waals surface area contributed by atoms with E-state index in [0.29, 0.717) is 11.0 Å². The van der Waals surface area contributed by atoms with Gasteiger partial charge in [0.2, 0.25) is 0 Å². The average Bonchev–Trinajstić information content (AvgIpc) is 2.49. The lowest BCUT2D eigenvalue weighted by Crippen LogP contribution is -2.39. The first-order valence-corrected chi connectivity index (χ1v) is 8.04. The number of nitrogens with one attached hydrogen (secondary N) is 1. The number of amides is 2. The summed E-state index contributed by atoms with van der Waals surface area (Å²) in [5.74, 6) is 0.288. The highest BCUT2D eigenvalue weighted by molar-refractivity contribution is 9.10. The van der Waals surface area contributed by atoms with Crippen LogP contribution in [-0.4, -0.2) is 23.3 Å². The summed E-state index contributed by atoms with van der Waals surface area (Å²) in [4.78, 5) is 18.2. The van der Waals surface area contributed by atoms with Gasteiger partial charge in [0.05, 0.1) is 11.4 Å². The zero-order valence-corrected chi connectivity index (χ0v) is 13.2. The molecule has 0 unspecified atom stereocenters. The van der Waals surface area contributed by atoms with Crippen LogP contribution in [0.1, 0.15) is 0 Å². The van der Waals surface area contributed by atoms with Crippen molar-refractivity contribution in [1.29, 1.82) is 0 Å². The van der Waals surface area contributed by atoms with Gasteiger partial charge in [-0.3, -0.25) is 4.90 Å². The van der Waals surface area contributed by atoms with Crippen LogP contribution in [0.4, 0.5) is 20.6 Å². The number of hydrogen-bond donors (Lipinski definition) is 1. The van der Waals surface area contributed by atoms with Crippen LogP contribution in [0.25, 0.3) is 0 Å². The van der Waals surface area contributed by atoms with Gasteiger partial charge in [0, 0.05) is 23.0 Å². The summed E-state index contributed by atoms with van der Waals surface area (Å²) in [6.07, 6.45) is 1.70. The Kier molecular flexibility index (Phi) is 4.12. The fourth-order valence-corrected chi connectivity index (χ4v) is 3.30. The lowest BCUT2D eigenvalue weighted by molar-refractivity contribution is 0.257. The highest BCUT2D eigenvalue weighted by atomic mass is 79.9. The molecule has 2 heterocycles. The predicted octanol–water partition coefficient (Wildman–Crippen LogP) is 4.13. The van der Waals surface area contributed by atoms with E-state index in [1.165, 1.54) is 12.1 Å². The molecule has 2 aromatic rings. The number of nitrogens with zero attached hydrogens (tertiary/aromatic N) is 2. The van der Waals surface area contributed by atoms with Gasteiger partial charge in [0.15, 0.2) is 0 Å². The van der Waals surface area contributed by atoms with Gasteiger partial charge >= 0.3 is 6.03 Å². The first-order valence-electron chi connectivity index (χ1n) is 6.26. The number of carbonyl (C=O) groups excluding carboxylic acids is 1. The Bertz CT molecular complexity index is 698. The summed E-state index contributed by atoms with van der Waals surface area (Å²) >= 11 is 4.79. The van der Waals surface area contributed by atoms with Crippen LogP contribution in [0, 0.1) is 5.82 Å². The van der Waals surface area contributed by atoms with E-state index in [0.717, 1.165) is 16.5 Å². The van der Waals surface area contributed by atoms with E-state index in [1.807, 2.05) is 6.07 Å². The van der Waals surface area contributed by atoms with Crippen LogP contribution in [0.3, 0.4) is 0 Å². The number of urea groups is 1. The van der Waals surface area contributed by atoms with Gasteiger partial charge in [0.1, 0.15) is 10.8 Å². The molecule has 1 aliphatic rings. The van der Waals surface area contributed by atoms with Crippen LogP contribution in [0.5, 0.6) is 0 Å². The van der Waals surface area contributed by atoms with Gasteiger partial charge in [-0.05, 0) is 30.3 Å². The maximum Gasteiger partial charge on any atom is 0.326 e. The van der Waals surface area contributed by atoms with E-state index in [1.54, 1.807) is 35.0 Å². The van der Waals surface area contributed by atoms with Gasteiger partial charge in [-0.1, -0.05) is 15.9 Å². The third kappa shape index (κ3) is 3.03. The molecule has 1 aromatic heterocycles. The summed E-state index contributed by atoms with van der Waals surface area (Å²) in [6.45, 7) is 0.563. The Labute approximate surface area is 133 Å². The van der Waals surface area contributed by atoms with E-state index < -0.39 is 5.82 Å². The number of anilines is 2. The number of pyridine rings is 1. The Morgan fingerprint density at radius 1 is 1.43 bits per heavy atom.